The molecular weight excluding hydrogens is 456 g/mol. The second kappa shape index (κ2) is 9.25. The van der Waals surface area contributed by atoms with E-state index in [2.05, 4.69) is 21.2 Å². The van der Waals surface area contributed by atoms with Gasteiger partial charge in [0.05, 0.1) is 24.3 Å². The molecule has 3 rings (SSSR count). The van der Waals surface area contributed by atoms with Crippen LogP contribution in [0.15, 0.2) is 28.2 Å². The number of carbonyl (C=O) groups excluding carboxylic acids is 2. The predicted octanol–water partition coefficient (Wildman–Crippen LogP) is 4.73. The van der Waals surface area contributed by atoms with Crippen LogP contribution in [-0.2, 0) is 22.4 Å². The second-order valence-electron chi connectivity index (χ2n) is 6.42. The lowest BCUT2D eigenvalue weighted by Gasteiger charge is -2.11. The van der Waals surface area contributed by atoms with Gasteiger partial charge < -0.3 is 14.8 Å². The van der Waals surface area contributed by atoms with Gasteiger partial charge in [-0.1, -0.05) is 6.07 Å². The van der Waals surface area contributed by atoms with E-state index in [4.69, 9.17) is 9.47 Å². The van der Waals surface area contributed by atoms with Crippen molar-refractivity contribution < 1.29 is 19.1 Å². The first-order valence-corrected chi connectivity index (χ1v) is 10.6. The Morgan fingerprint density at radius 3 is 2.69 bits per heavy atom. The van der Waals surface area contributed by atoms with Crippen molar-refractivity contribution in [3.05, 3.63) is 49.8 Å². The molecule has 1 N–H and O–H groups in total. The fourth-order valence-electron chi connectivity index (χ4n) is 3.23. The normalized spacial score (nSPS) is 13.2. The van der Waals surface area contributed by atoms with Crippen LogP contribution in [0.5, 0.6) is 5.75 Å². The predicted molar refractivity (Wildman–Crippen MR) is 115 cm³/mol. The van der Waals surface area contributed by atoms with Crippen molar-refractivity contribution in [3.63, 3.8) is 0 Å². The summed E-state index contributed by atoms with van der Waals surface area (Å²) in [5, 5.41) is 12.7. The maximum absolute atomic E-state index is 12.7. The number of hydrogen-bond donors (Lipinski definition) is 1. The summed E-state index contributed by atoms with van der Waals surface area (Å²) in [6, 6.07) is 7.18. The molecule has 0 bridgehead atoms. The molecule has 0 unspecified atom stereocenters. The Labute approximate surface area is 181 Å². The number of halogens is 1. The molecule has 0 radical (unpaired) electrons. The van der Waals surface area contributed by atoms with Crippen molar-refractivity contribution in [2.24, 2.45) is 0 Å². The number of aryl methyl sites for hydroxylation is 1. The van der Waals surface area contributed by atoms with Crippen LogP contribution < -0.4 is 10.1 Å². The number of nitrogens with zero attached hydrogens (tertiary/aromatic N) is 1. The zero-order valence-corrected chi connectivity index (χ0v) is 18.4. The maximum atomic E-state index is 12.7. The van der Waals surface area contributed by atoms with Crippen LogP contribution in [0.1, 0.15) is 39.2 Å². The molecule has 29 heavy (non-hydrogen) atoms. The van der Waals surface area contributed by atoms with Gasteiger partial charge in [0.1, 0.15) is 22.4 Å². The van der Waals surface area contributed by atoms with E-state index >= 15 is 0 Å². The highest BCUT2D eigenvalue weighted by Crippen LogP contribution is 2.38. The van der Waals surface area contributed by atoms with Gasteiger partial charge in [0.25, 0.3) is 5.91 Å². The van der Waals surface area contributed by atoms with Crippen LogP contribution >= 0.6 is 27.3 Å². The first-order chi connectivity index (χ1) is 14.0. The molecule has 150 valence electrons. The van der Waals surface area contributed by atoms with Crippen molar-refractivity contribution in [2.75, 3.05) is 19.5 Å². The van der Waals surface area contributed by atoms with E-state index in [9.17, 15) is 14.9 Å². The molecule has 8 heteroatoms. The molecule has 1 heterocycles. The third-order valence-electron chi connectivity index (χ3n) is 4.64. The van der Waals surface area contributed by atoms with Gasteiger partial charge in [0, 0.05) is 4.88 Å². The molecule has 1 aliphatic carbocycles. The zero-order valence-electron chi connectivity index (χ0n) is 16.0. The summed E-state index contributed by atoms with van der Waals surface area (Å²) in [5.74, 6) is -0.388. The van der Waals surface area contributed by atoms with E-state index < -0.39 is 11.9 Å². The lowest BCUT2D eigenvalue weighted by atomic mass is 9.95. The number of anilines is 1. The van der Waals surface area contributed by atoms with Crippen LogP contribution in [-0.4, -0.2) is 26.1 Å². The van der Waals surface area contributed by atoms with Crippen LogP contribution in [0.3, 0.4) is 0 Å². The minimum absolute atomic E-state index is 0.0655. The average Bonchev–Trinajstić information content (AvgIpc) is 3.09. The van der Waals surface area contributed by atoms with E-state index in [-0.39, 0.29) is 5.57 Å². The Balaban J connectivity index is 1.90. The summed E-state index contributed by atoms with van der Waals surface area (Å²) in [5.41, 5.74) is 1.96. The Morgan fingerprint density at radius 1 is 1.28 bits per heavy atom. The number of nitrogens with one attached hydrogen (secondary N) is 1. The first-order valence-electron chi connectivity index (χ1n) is 8.98. The standard InChI is InChI=1S/C21H19BrN2O4S/c1-27-16-8-7-12(10-15(16)22)9-13(11-23)19(25)24-20-18(21(26)28-2)14-5-3-4-6-17(14)29-20/h7-10H,3-6H2,1-2H3,(H,24,25)/b13-9+. The van der Waals surface area contributed by atoms with Gasteiger partial charge in [-0.3, -0.25) is 4.79 Å². The van der Waals surface area contributed by atoms with E-state index in [0.29, 0.717) is 26.4 Å². The third-order valence-corrected chi connectivity index (χ3v) is 6.47. The van der Waals surface area contributed by atoms with Gasteiger partial charge in [0.2, 0.25) is 0 Å². The topological polar surface area (TPSA) is 88.4 Å². The van der Waals surface area contributed by atoms with Crippen LogP contribution in [0.25, 0.3) is 6.08 Å². The number of fused-ring (bicyclic) bond motifs is 1. The second-order valence-corrected chi connectivity index (χ2v) is 8.38. The van der Waals surface area contributed by atoms with E-state index in [1.807, 2.05) is 6.07 Å². The number of rotatable bonds is 5. The molecule has 1 aromatic carbocycles. The van der Waals surface area contributed by atoms with Gasteiger partial charge in [-0.05, 0) is 70.9 Å². The highest BCUT2D eigenvalue weighted by molar-refractivity contribution is 9.10. The number of ether oxygens (including phenoxy) is 2. The van der Waals surface area contributed by atoms with E-state index in [1.54, 1.807) is 25.3 Å². The lowest BCUT2D eigenvalue weighted by molar-refractivity contribution is -0.112. The van der Waals surface area contributed by atoms with Crippen LogP contribution in [0.2, 0.25) is 0 Å². The number of carbonyl (C=O) groups is 2. The molecule has 1 amide bonds. The molecular formula is C21H19BrN2O4S. The molecule has 1 aliphatic rings. The number of amides is 1. The SMILES string of the molecule is COC(=O)c1c(NC(=O)/C(C#N)=C/c2ccc(OC)c(Br)c2)sc2c1CCCC2. The van der Waals surface area contributed by atoms with Gasteiger partial charge in [-0.15, -0.1) is 11.3 Å². The zero-order chi connectivity index (χ0) is 21.0. The molecule has 0 aliphatic heterocycles. The maximum Gasteiger partial charge on any atom is 0.341 e. The number of benzene rings is 1. The van der Waals surface area contributed by atoms with Crippen LogP contribution in [0, 0.1) is 11.3 Å². The molecule has 0 saturated heterocycles. The lowest BCUT2D eigenvalue weighted by Crippen LogP contribution is -2.16. The Kier molecular flexibility index (Phi) is 6.72. The largest absolute Gasteiger partial charge is 0.496 e. The molecule has 6 nitrogen and oxygen atoms in total. The van der Waals surface area contributed by atoms with Gasteiger partial charge in [0.15, 0.2) is 0 Å². The van der Waals surface area contributed by atoms with Gasteiger partial charge >= 0.3 is 5.97 Å². The summed E-state index contributed by atoms with van der Waals surface area (Å²) < 4.78 is 10.8. The Morgan fingerprint density at radius 2 is 2.03 bits per heavy atom. The number of thiophene rings is 1. The molecule has 0 saturated carbocycles. The quantitative estimate of drug-likeness (QED) is 0.384. The Bertz CT molecular complexity index is 1040. The van der Waals surface area contributed by atoms with E-state index in [1.165, 1.54) is 24.5 Å². The minimum Gasteiger partial charge on any atom is -0.496 e. The summed E-state index contributed by atoms with van der Waals surface area (Å²) in [7, 11) is 2.88. The fourth-order valence-corrected chi connectivity index (χ4v) is 5.06. The number of esters is 1. The first kappa shape index (κ1) is 21.1. The fraction of sp³-hybridized carbons (Fsp3) is 0.286. The van der Waals surface area contributed by atoms with E-state index in [0.717, 1.165) is 36.1 Å². The monoisotopic (exact) mass is 474 g/mol. The highest BCUT2D eigenvalue weighted by atomic mass is 79.9. The van der Waals surface area contributed by atoms with Gasteiger partial charge in [-0.2, -0.15) is 5.26 Å². The number of hydrogen-bond acceptors (Lipinski definition) is 6. The third kappa shape index (κ3) is 4.52. The molecule has 0 fully saturated rings. The average molecular weight is 475 g/mol. The van der Waals surface area contributed by atoms with Crippen LogP contribution in [0.4, 0.5) is 5.00 Å². The Hall–Kier alpha value is -2.63. The van der Waals surface area contributed by atoms with Crippen molar-refractivity contribution in [3.8, 4) is 11.8 Å². The number of methoxy groups -OCH3 is 2. The highest BCUT2D eigenvalue weighted by Gasteiger charge is 2.27. The van der Waals surface area contributed by atoms with Crippen molar-refractivity contribution in [1.29, 1.82) is 5.26 Å². The minimum atomic E-state index is -0.566. The number of nitriles is 1. The van der Waals surface area contributed by atoms with Crippen molar-refractivity contribution in [2.45, 2.75) is 25.7 Å². The van der Waals surface area contributed by atoms with Crippen molar-refractivity contribution >= 4 is 50.2 Å². The molecule has 0 atom stereocenters. The summed E-state index contributed by atoms with van der Waals surface area (Å²) in [4.78, 5) is 26.2. The molecule has 2 aromatic rings. The summed E-state index contributed by atoms with van der Waals surface area (Å²) >= 11 is 4.77. The summed E-state index contributed by atoms with van der Waals surface area (Å²) in [6.45, 7) is 0. The smallest absolute Gasteiger partial charge is 0.341 e. The molecule has 1 aromatic heterocycles. The van der Waals surface area contributed by atoms with Crippen molar-refractivity contribution in [1.82, 2.24) is 0 Å². The summed E-state index contributed by atoms with van der Waals surface area (Å²) in [6.07, 6.45) is 5.20. The van der Waals surface area contributed by atoms with Gasteiger partial charge in [-0.25, -0.2) is 4.79 Å². The molecule has 0 spiro atoms.